The summed E-state index contributed by atoms with van der Waals surface area (Å²) in [7, 11) is 0. The summed E-state index contributed by atoms with van der Waals surface area (Å²) in [6.07, 6.45) is 6.10. The SMILES string of the molecule is CC(=O)NC1(C(=O)NCC2(c3cccc(Cl)c3)CCOCC2)CCCCC1. The van der Waals surface area contributed by atoms with E-state index in [2.05, 4.69) is 16.7 Å². The first-order chi connectivity index (χ1) is 13.0. The molecule has 0 atom stereocenters. The lowest BCUT2D eigenvalue weighted by atomic mass is 9.73. The Morgan fingerprint density at radius 2 is 1.81 bits per heavy atom. The molecule has 6 heteroatoms. The smallest absolute Gasteiger partial charge is 0.245 e. The predicted octanol–water partition coefficient (Wildman–Crippen LogP) is 3.34. The van der Waals surface area contributed by atoms with Crippen LogP contribution >= 0.6 is 11.6 Å². The lowest BCUT2D eigenvalue weighted by Crippen LogP contribution is -2.60. The predicted molar refractivity (Wildman–Crippen MR) is 106 cm³/mol. The number of ether oxygens (including phenoxy) is 1. The molecule has 0 spiro atoms. The van der Waals surface area contributed by atoms with E-state index in [1.165, 1.54) is 6.92 Å². The second kappa shape index (κ2) is 8.61. The topological polar surface area (TPSA) is 67.4 Å². The van der Waals surface area contributed by atoms with Crippen LogP contribution in [0.4, 0.5) is 0 Å². The molecule has 1 aromatic carbocycles. The Bertz CT molecular complexity index is 680. The van der Waals surface area contributed by atoms with Crippen molar-refractivity contribution in [2.45, 2.75) is 62.8 Å². The van der Waals surface area contributed by atoms with Gasteiger partial charge in [0.15, 0.2) is 0 Å². The number of rotatable bonds is 5. The molecule has 2 fully saturated rings. The average Bonchev–Trinajstić information content (AvgIpc) is 2.67. The molecule has 3 rings (SSSR count). The van der Waals surface area contributed by atoms with Gasteiger partial charge in [-0.3, -0.25) is 9.59 Å². The molecule has 0 bridgehead atoms. The van der Waals surface area contributed by atoms with Crippen LogP contribution in [0.25, 0.3) is 0 Å². The minimum atomic E-state index is -0.773. The van der Waals surface area contributed by atoms with Gasteiger partial charge in [0.2, 0.25) is 11.8 Å². The van der Waals surface area contributed by atoms with E-state index in [-0.39, 0.29) is 17.2 Å². The fraction of sp³-hybridized carbons (Fsp3) is 0.619. The van der Waals surface area contributed by atoms with Crippen LogP contribution in [0.5, 0.6) is 0 Å². The van der Waals surface area contributed by atoms with E-state index >= 15 is 0 Å². The van der Waals surface area contributed by atoms with E-state index in [9.17, 15) is 9.59 Å². The van der Waals surface area contributed by atoms with E-state index in [0.717, 1.165) is 37.7 Å². The highest BCUT2D eigenvalue weighted by Gasteiger charge is 2.42. The van der Waals surface area contributed by atoms with E-state index < -0.39 is 5.54 Å². The largest absolute Gasteiger partial charge is 0.381 e. The maximum Gasteiger partial charge on any atom is 0.245 e. The van der Waals surface area contributed by atoms with Crippen LogP contribution in [-0.4, -0.2) is 37.1 Å². The highest BCUT2D eigenvalue weighted by atomic mass is 35.5. The van der Waals surface area contributed by atoms with Crippen molar-refractivity contribution >= 4 is 23.4 Å². The molecule has 27 heavy (non-hydrogen) atoms. The van der Waals surface area contributed by atoms with E-state index in [0.29, 0.717) is 37.6 Å². The Balaban J connectivity index is 1.78. The Morgan fingerprint density at radius 3 is 2.44 bits per heavy atom. The Kier molecular flexibility index (Phi) is 6.43. The summed E-state index contributed by atoms with van der Waals surface area (Å²) in [4.78, 5) is 24.9. The molecule has 148 valence electrons. The number of hydrogen-bond donors (Lipinski definition) is 2. The second-order valence-corrected chi connectivity index (χ2v) is 8.35. The molecule has 2 aliphatic rings. The molecule has 1 aliphatic heterocycles. The molecule has 1 aliphatic carbocycles. The second-order valence-electron chi connectivity index (χ2n) is 7.91. The standard InChI is InChI=1S/C21H29ClN2O3/c1-16(25)24-21(8-3-2-4-9-21)19(26)23-15-20(10-12-27-13-11-20)17-6-5-7-18(22)14-17/h5-7,14H,2-4,8-13,15H2,1H3,(H,23,26)(H,24,25). The van der Waals surface area contributed by atoms with Crippen molar-refractivity contribution in [2.75, 3.05) is 19.8 Å². The third kappa shape index (κ3) is 4.64. The molecule has 1 saturated carbocycles. The van der Waals surface area contributed by atoms with E-state index in [1.807, 2.05) is 18.2 Å². The molecule has 5 nitrogen and oxygen atoms in total. The van der Waals surface area contributed by atoms with Crippen molar-refractivity contribution in [3.05, 3.63) is 34.9 Å². The summed E-state index contributed by atoms with van der Waals surface area (Å²) in [6, 6.07) is 7.89. The third-order valence-corrected chi connectivity index (χ3v) is 6.27. The zero-order chi connectivity index (χ0) is 19.3. The minimum absolute atomic E-state index is 0.0645. The van der Waals surface area contributed by atoms with Gasteiger partial charge in [0, 0.05) is 37.1 Å². The normalized spacial score (nSPS) is 21.3. The first-order valence-corrected chi connectivity index (χ1v) is 10.2. The van der Waals surface area contributed by atoms with E-state index in [4.69, 9.17) is 16.3 Å². The number of carbonyl (C=O) groups is 2. The van der Waals surface area contributed by atoms with Crippen molar-refractivity contribution in [1.29, 1.82) is 0 Å². The van der Waals surface area contributed by atoms with Crippen LogP contribution < -0.4 is 10.6 Å². The molecule has 1 aromatic rings. The van der Waals surface area contributed by atoms with Crippen molar-refractivity contribution in [1.82, 2.24) is 10.6 Å². The van der Waals surface area contributed by atoms with Gasteiger partial charge in [-0.15, -0.1) is 0 Å². The van der Waals surface area contributed by atoms with Crippen LogP contribution in [0.15, 0.2) is 24.3 Å². The fourth-order valence-corrected chi connectivity index (χ4v) is 4.66. The van der Waals surface area contributed by atoms with Crippen molar-refractivity contribution in [3.63, 3.8) is 0 Å². The van der Waals surface area contributed by atoms with Crippen LogP contribution in [0, 0.1) is 0 Å². The van der Waals surface area contributed by atoms with Gasteiger partial charge in [-0.05, 0) is 43.4 Å². The molecule has 0 aromatic heterocycles. The number of nitrogens with one attached hydrogen (secondary N) is 2. The van der Waals surface area contributed by atoms with Gasteiger partial charge >= 0.3 is 0 Å². The van der Waals surface area contributed by atoms with Crippen molar-refractivity contribution in [2.24, 2.45) is 0 Å². The lowest BCUT2D eigenvalue weighted by Gasteiger charge is -2.41. The van der Waals surface area contributed by atoms with E-state index in [1.54, 1.807) is 0 Å². The van der Waals surface area contributed by atoms with Gasteiger partial charge in [-0.1, -0.05) is 43.0 Å². The summed E-state index contributed by atoms with van der Waals surface area (Å²) < 4.78 is 5.57. The maximum absolute atomic E-state index is 13.2. The highest BCUT2D eigenvalue weighted by molar-refractivity contribution is 6.30. The first kappa shape index (κ1) is 20.2. The zero-order valence-corrected chi connectivity index (χ0v) is 16.7. The molecule has 1 saturated heterocycles. The van der Waals surface area contributed by atoms with Gasteiger partial charge in [-0.25, -0.2) is 0 Å². The molecular weight excluding hydrogens is 364 g/mol. The van der Waals surface area contributed by atoms with Gasteiger partial charge in [0.25, 0.3) is 0 Å². The molecule has 0 unspecified atom stereocenters. The summed E-state index contributed by atoms with van der Waals surface area (Å²) in [5.74, 6) is -0.215. The fourth-order valence-electron chi connectivity index (χ4n) is 4.47. The van der Waals surface area contributed by atoms with Crippen LogP contribution in [-0.2, 0) is 19.7 Å². The summed E-state index contributed by atoms with van der Waals surface area (Å²) in [6.45, 7) is 3.34. The molecule has 1 heterocycles. The van der Waals surface area contributed by atoms with Crippen LogP contribution in [0.3, 0.4) is 0 Å². The average molecular weight is 393 g/mol. The van der Waals surface area contributed by atoms with Gasteiger partial charge in [-0.2, -0.15) is 0 Å². The lowest BCUT2D eigenvalue weighted by molar-refractivity contribution is -0.134. The van der Waals surface area contributed by atoms with Gasteiger partial charge in [0.1, 0.15) is 5.54 Å². The zero-order valence-electron chi connectivity index (χ0n) is 16.0. The third-order valence-electron chi connectivity index (χ3n) is 6.03. The highest BCUT2D eigenvalue weighted by Crippen LogP contribution is 2.36. The quantitative estimate of drug-likeness (QED) is 0.807. The monoisotopic (exact) mass is 392 g/mol. The number of amides is 2. The number of carbonyl (C=O) groups excluding carboxylic acids is 2. The van der Waals surface area contributed by atoms with Crippen LogP contribution in [0.2, 0.25) is 5.02 Å². The molecule has 2 amide bonds. The summed E-state index contributed by atoms with van der Waals surface area (Å²) >= 11 is 6.22. The summed E-state index contributed by atoms with van der Waals surface area (Å²) in [5, 5.41) is 6.82. The Hall–Kier alpha value is -1.59. The molecule has 2 N–H and O–H groups in total. The summed E-state index contributed by atoms with van der Waals surface area (Å²) in [5.41, 5.74) is 0.172. The van der Waals surface area contributed by atoms with Crippen molar-refractivity contribution < 1.29 is 14.3 Å². The number of hydrogen-bond acceptors (Lipinski definition) is 3. The van der Waals surface area contributed by atoms with Crippen molar-refractivity contribution in [3.8, 4) is 0 Å². The Morgan fingerprint density at radius 1 is 1.11 bits per heavy atom. The maximum atomic E-state index is 13.2. The number of halogens is 1. The first-order valence-electron chi connectivity index (χ1n) is 9.87. The van der Waals surface area contributed by atoms with Gasteiger partial charge in [0.05, 0.1) is 0 Å². The minimum Gasteiger partial charge on any atom is -0.381 e. The Labute approximate surface area is 166 Å². The molecular formula is C21H29ClN2O3. The number of benzene rings is 1. The molecule has 0 radical (unpaired) electrons. The van der Waals surface area contributed by atoms with Gasteiger partial charge < -0.3 is 15.4 Å². The van der Waals surface area contributed by atoms with Crippen LogP contribution in [0.1, 0.15) is 57.4 Å².